The first-order valence-corrected chi connectivity index (χ1v) is 8.43. The van der Waals surface area contributed by atoms with E-state index in [0.717, 1.165) is 19.5 Å². The molecule has 1 aromatic rings. The van der Waals surface area contributed by atoms with Crippen molar-refractivity contribution < 1.29 is 8.42 Å². The quantitative estimate of drug-likeness (QED) is 0.852. The first-order valence-electron chi connectivity index (χ1n) is 6.78. The molecule has 20 heavy (non-hydrogen) atoms. The van der Waals surface area contributed by atoms with Gasteiger partial charge < -0.3 is 4.90 Å². The number of nitrogens with zero attached hydrogens (tertiary/aromatic N) is 2. The molecule has 0 amide bonds. The van der Waals surface area contributed by atoms with Gasteiger partial charge in [-0.3, -0.25) is 0 Å². The third-order valence-electron chi connectivity index (χ3n) is 3.78. The molecule has 1 fully saturated rings. The standard InChI is InChI=1S/C15H20N2O2S/c1-15(2)7-8-17(12-15)9-10-20(18,19)14-5-3-13(11-16)4-6-14/h3-6H,7-10,12H2,1-2H3. The average molecular weight is 292 g/mol. The summed E-state index contributed by atoms with van der Waals surface area (Å²) < 4.78 is 24.5. The smallest absolute Gasteiger partial charge is 0.179 e. The molecular weight excluding hydrogens is 272 g/mol. The Morgan fingerprint density at radius 3 is 2.45 bits per heavy atom. The van der Waals surface area contributed by atoms with Gasteiger partial charge in [0.25, 0.3) is 0 Å². The van der Waals surface area contributed by atoms with Gasteiger partial charge >= 0.3 is 0 Å². The summed E-state index contributed by atoms with van der Waals surface area (Å²) in [5.74, 6) is 0.134. The highest BCUT2D eigenvalue weighted by atomic mass is 32.2. The second-order valence-electron chi connectivity index (χ2n) is 6.15. The summed E-state index contributed by atoms with van der Waals surface area (Å²) in [5, 5.41) is 8.72. The first-order chi connectivity index (χ1) is 9.32. The Morgan fingerprint density at radius 1 is 1.30 bits per heavy atom. The van der Waals surface area contributed by atoms with E-state index in [-0.39, 0.29) is 11.2 Å². The molecule has 0 spiro atoms. The molecule has 5 heteroatoms. The summed E-state index contributed by atoms with van der Waals surface area (Å²) in [7, 11) is -3.26. The van der Waals surface area contributed by atoms with Crippen molar-refractivity contribution in [3.8, 4) is 6.07 Å². The van der Waals surface area contributed by atoms with Crippen LogP contribution in [0.4, 0.5) is 0 Å². The minimum atomic E-state index is -3.26. The van der Waals surface area contributed by atoms with Crippen LogP contribution < -0.4 is 0 Å². The molecule has 2 rings (SSSR count). The average Bonchev–Trinajstić information content (AvgIpc) is 2.76. The van der Waals surface area contributed by atoms with Crippen molar-refractivity contribution >= 4 is 9.84 Å². The van der Waals surface area contributed by atoms with E-state index in [9.17, 15) is 8.42 Å². The topological polar surface area (TPSA) is 61.2 Å². The monoisotopic (exact) mass is 292 g/mol. The van der Waals surface area contributed by atoms with E-state index in [1.165, 1.54) is 12.1 Å². The molecule has 1 aliphatic rings. The van der Waals surface area contributed by atoms with Crippen molar-refractivity contribution in [1.82, 2.24) is 4.90 Å². The van der Waals surface area contributed by atoms with Crippen molar-refractivity contribution in [3.05, 3.63) is 29.8 Å². The molecule has 1 saturated heterocycles. The van der Waals surface area contributed by atoms with Crippen LogP contribution in [0.15, 0.2) is 29.2 Å². The fourth-order valence-corrected chi connectivity index (χ4v) is 3.80. The minimum Gasteiger partial charge on any atom is -0.302 e. The van der Waals surface area contributed by atoms with Crippen molar-refractivity contribution in [2.45, 2.75) is 25.2 Å². The molecule has 1 heterocycles. The normalized spacial score (nSPS) is 18.9. The third-order valence-corrected chi connectivity index (χ3v) is 5.49. The Hall–Kier alpha value is -1.38. The van der Waals surface area contributed by atoms with Crippen LogP contribution in [0.5, 0.6) is 0 Å². The zero-order valence-corrected chi connectivity index (χ0v) is 12.8. The maximum absolute atomic E-state index is 12.2. The highest BCUT2D eigenvalue weighted by Crippen LogP contribution is 2.28. The van der Waals surface area contributed by atoms with E-state index in [0.29, 0.717) is 17.0 Å². The number of nitriles is 1. The lowest BCUT2D eigenvalue weighted by Crippen LogP contribution is -2.29. The molecule has 0 aromatic heterocycles. The maximum Gasteiger partial charge on any atom is 0.179 e. The molecule has 0 N–H and O–H groups in total. The van der Waals surface area contributed by atoms with Gasteiger partial charge in [-0.1, -0.05) is 13.8 Å². The van der Waals surface area contributed by atoms with E-state index < -0.39 is 9.84 Å². The number of benzene rings is 1. The van der Waals surface area contributed by atoms with Gasteiger partial charge in [-0.05, 0) is 42.6 Å². The van der Waals surface area contributed by atoms with Crippen LogP contribution in [-0.4, -0.2) is 38.7 Å². The lowest BCUT2D eigenvalue weighted by Gasteiger charge is -2.19. The van der Waals surface area contributed by atoms with Crippen molar-refractivity contribution in [2.24, 2.45) is 5.41 Å². The predicted molar refractivity (Wildman–Crippen MR) is 78.0 cm³/mol. The number of hydrogen-bond acceptors (Lipinski definition) is 4. The van der Waals surface area contributed by atoms with Gasteiger partial charge in [0.15, 0.2) is 9.84 Å². The first kappa shape index (κ1) is 15.0. The largest absolute Gasteiger partial charge is 0.302 e. The Balaban J connectivity index is 1.99. The van der Waals surface area contributed by atoms with Crippen LogP contribution in [0, 0.1) is 16.7 Å². The summed E-state index contributed by atoms with van der Waals surface area (Å²) in [6.45, 7) is 6.92. The number of likely N-dealkylation sites (tertiary alicyclic amines) is 1. The molecule has 1 aliphatic heterocycles. The van der Waals surface area contributed by atoms with E-state index in [1.54, 1.807) is 12.1 Å². The van der Waals surface area contributed by atoms with Gasteiger partial charge in [-0.2, -0.15) is 5.26 Å². The van der Waals surface area contributed by atoms with Gasteiger partial charge in [0.05, 0.1) is 22.3 Å². The zero-order valence-electron chi connectivity index (χ0n) is 12.0. The van der Waals surface area contributed by atoms with E-state index >= 15 is 0 Å². The molecular formula is C15H20N2O2S. The lowest BCUT2D eigenvalue weighted by atomic mass is 9.93. The van der Waals surface area contributed by atoms with Gasteiger partial charge in [0.2, 0.25) is 0 Å². The van der Waals surface area contributed by atoms with Crippen LogP contribution in [0.2, 0.25) is 0 Å². The van der Waals surface area contributed by atoms with Gasteiger partial charge in [-0.25, -0.2) is 8.42 Å². The Bertz CT molecular complexity index is 612. The summed E-state index contributed by atoms with van der Waals surface area (Å²) >= 11 is 0. The Morgan fingerprint density at radius 2 is 1.95 bits per heavy atom. The van der Waals surface area contributed by atoms with Crippen LogP contribution in [-0.2, 0) is 9.84 Å². The van der Waals surface area contributed by atoms with Crippen LogP contribution in [0.25, 0.3) is 0 Å². The maximum atomic E-state index is 12.2. The molecule has 0 aliphatic carbocycles. The highest BCUT2D eigenvalue weighted by Gasteiger charge is 2.29. The number of rotatable bonds is 4. The predicted octanol–water partition coefficient (Wildman–Crippen LogP) is 2.06. The molecule has 108 valence electrons. The van der Waals surface area contributed by atoms with Crippen molar-refractivity contribution in [1.29, 1.82) is 5.26 Å². The molecule has 4 nitrogen and oxygen atoms in total. The Kier molecular flexibility index (Phi) is 4.17. The summed E-state index contributed by atoms with van der Waals surface area (Å²) in [4.78, 5) is 2.51. The van der Waals surface area contributed by atoms with Crippen molar-refractivity contribution in [2.75, 3.05) is 25.4 Å². The van der Waals surface area contributed by atoms with E-state index in [4.69, 9.17) is 5.26 Å². The van der Waals surface area contributed by atoms with Gasteiger partial charge in [0.1, 0.15) is 0 Å². The molecule has 0 atom stereocenters. The van der Waals surface area contributed by atoms with Crippen LogP contribution in [0.3, 0.4) is 0 Å². The van der Waals surface area contributed by atoms with E-state index in [1.807, 2.05) is 6.07 Å². The molecule has 0 bridgehead atoms. The lowest BCUT2D eigenvalue weighted by molar-refractivity contribution is 0.304. The molecule has 0 radical (unpaired) electrons. The minimum absolute atomic E-state index is 0.134. The fraction of sp³-hybridized carbons (Fsp3) is 0.533. The van der Waals surface area contributed by atoms with Crippen LogP contribution >= 0.6 is 0 Å². The summed E-state index contributed by atoms with van der Waals surface area (Å²) in [6, 6.07) is 8.11. The summed E-state index contributed by atoms with van der Waals surface area (Å²) in [6.07, 6.45) is 1.11. The number of hydrogen-bond donors (Lipinski definition) is 0. The molecule has 0 saturated carbocycles. The molecule has 0 unspecified atom stereocenters. The van der Waals surface area contributed by atoms with Crippen molar-refractivity contribution in [3.63, 3.8) is 0 Å². The number of sulfone groups is 1. The highest BCUT2D eigenvalue weighted by molar-refractivity contribution is 7.91. The van der Waals surface area contributed by atoms with Gasteiger partial charge in [0, 0.05) is 13.1 Å². The van der Waals surface area contributed by atoms with E-state index in [2.05, 4.69) is 18.7 Å². The van der Waals surface area contributed by atoms with Crippen LogP contribution in [0.1, 0.15) is 25.8 Å². The second-order valence-corrected chi connectivity index (χ2v) is 8.25. The van der Waals surface area contributed by atoms with Gasteiger partial charge in [-0.15, -0.1) is 0 Å². The molecule has 1 aromatic carbocycles. The third kappa shape index (κ3) is 3.59. The zero-order chi connectivity index (χ0) is 14.8. The summed E-state index contributed by atoms with van der Waals surface area (Å²) in [5.41, 5.74) is 0.767. The fourth-order valence-electron chi connectivity index (χ4n) is 2.52. The Labute approximate surface area is 120 Å². The second kappa shape index (κ2) is 5.55. The SMILES string of the molecule is CC1(C)CCN(CCS(=O)(=O)c2ccc(C#N)cc2)C1.